The SMILES string of the molecule is CCc1ccc(C2CCNC(C(=O)NC)C2)cc1. The molecule has 1 saturated heterocycles. The highest BCUT2D eigenvalue weighted by Crippen LogP contribution is 2.28. The second-order valence-corrected chi connectivity index (χ2v) is 4.94. The summed E-state index contributed by atoms with van der Waals surface area (Å²) in [6, 6.07) is 8.80. The van der Waals surface area contributed by atoms with Gasteiger partial charge in [-0.1, -0.05) is 31.2 Å². The maximum absolute atomic E-state index is 11.7. The Morgan fingerprint density at radius 2 is 2.11 bits per heavy atom. The van der Waals surface area contributed by atoms with Gasteiger partial charge < -0.3 is 10.6 Å². The van der Waals surface area contributed by atoms with E-state index in [4.69, 9.17) is 0 Å². The molecule has 0 spiro atoms. The van der Waals surface area contributed by atoms with Gasteiger partial charge in [-0.15, -0.1) is 0 Å². The highest BCUT2D eigenvalue weighted by atomic mass is 16.2. The molecule has 1 aliphatic rings. The summed E-state index contributed by atoms with van der Waals surface area (Å²) in [5, 5.41) is 6.00. The predicted molar refractivity (Wildman–Crippen MR) is 73.7 cm³/mol. The van der Waals surface area contributed by atoms with Crippen molar-refractivity contribution in [2.24, 2.45) is 0 Å². The van der Waals surface area contributed by atoms with Crippen molar-refractivity contribution in [2.45, 2.75) is 38.1 Å². The van der Waals surface area contributed by atoms with E-state index < -0.39 is 0 Å². The lowest BCUT2D eigenvalue weighted by Gasteiger charge is -2.29. The Kier molecular flexibility index (Phi) is 4.37. The summed E-state index contributed by atoms with van der Waals surface area (Å²) >= 11 is 0. The van der Waals surface area contributed by atoms with Crippen molar-refractivity contribution in [3.8, 4) is 0 Å². The molecule has 0 bridgehead atoms. The zero-order chi connectivity index (χ0) is 13.0. The summed E-state index contributed by atoms with van der Waals surface area (Å²) in [5.41, 5.74) is 2.73. The van der Waals surface area contributed by atoms with Gasteiger partial charge in [-0.25, -0.2) is 0 Å². The van der Waals surface area contributed by atoms with Crippen LogP contribution in [0.15, 0.2) is 24.3 Å². The molecular formula is C15H22N2O. The first kappa shape index (κ1) is 13.1. The second kappa shape index (κ2) is 6.01. The summed E-state index contributed by atoms with van der Waals surface area (Å²) in [7, 11) is 1.70. The molecule has 3 heteroatoms. The van der Waals surface area contributed by atoms with E-state index in [2.05, 4.69) is 41.8 Å². The normalized spacial score (nSPS) is 23.7. The van der Waals surface area contributed by atoms with Crippen molar-refractivity contribution in [1.82, 2.24) is 10.6 Å². The van der Waals surface area contributed by atoms with E-state index in [1.165, 1.54) is 11.1 Å². The first-order valence-corrected chi connectivity index (χ1v) is 6.78. The van der Waals surface area contributed by atoms with E-state index in [0.29, 0.717) is 5.92 Å². The quantitative estimate of drug-likeness (QED) is 0.854. The van der Waals surface area contributed by atoms with Crippen LogP contribution in [0, 0.1) is 0 Å². The third-order valence-electron chi connectivity index (χ3n) is 3.83. The average Bonchev–Trinajstić information content (AvgIpc) is 2.46. The van der Waals surface area contributed by atoms with Crippen LogP contribution in [0.25, 0.3) is 0 Å². The number of likely N-dealkylation sites (N-methyl/N-ethyl adjacent to an activating group) is 1. The third-order valence-corrected chi connectivity index (χ3v) is 3.83. The number of hydrogen-bond donors (Lipinski definition) is 2. The smallest absolute Gasteiger partial charge is 0.236 e. The van der Waals surface area contributed by atoms with Crippen LogP contribution in [0.4, 0.5) is 0 Å². The zero-order valence-electron chi connectivity index (χ0n) is 11.2. The minimum atomic E-state index is -0.0420. The van der Waals surface area contributed by atoms with Crippen molar-refractivity contribution >= 4 is 5.91 Å². The van der Waals surface area contributed by atoms with Crippen LogP contribution >= 0.6 is 0 Å². The number of nitrogens with one attached hydrogen (secondary N) is 2. The number of carbonyl (C=O) groups is 1. The van der Waals surface area contributed by atoms with Crippen LogP contribution in [0.2, 0.25) is 0 Å². The molecule has 1 heterocycles. The van der Waals surface area contributed by atoms with Crippen LogP contribution < -0.4 is 10.6 Å². The zero-order valence-corrected chi connectivity index (χ0v) is 11.2. The number of piperidine rings is 1. The summed E-state index contributed by atoms with van der Waals surface area (Å²) in [4.78, 5) is 11.7. The molecule has 1 aromatic carbocycles. The van der Waals surface area contributed by atoms with Gasteiger partial charge in [0.25, 0.3) is 0 Å². The molecule has 0 aliphatic carbocycles. The fourth-order valence-corrected chi connectivity index (χ4v) is 2.62. The molecule has 1 aromatic rings. The molecule has 2 unspecified atom stereocenters. The molecular weight excluding hydrogens is 224 g/mol. The fourth-order valence-electron chi connectivity index (χ4n) is 2.62. The van der Waals surface area contributed by atoms with Crippen molar-refractivity contribution in [1.29, 1.82) is 0 Å². The highest BCUT2D eigenvalue weighted by Gasteiger charge is 2.26. The van der Waals surface area contributed by atoms with Gasteiger partial charge in [-0.2, -0.15) is 0 Å². The summed E-state index contributed by atoms with van der Waals surface area (Å²) in [6.45, 7) is 3.08. The largest absolute Gasteiger partial charge is 0.358 e. The molecule has 0 radical (unpaired) electrons. The summed E-state index contributed by atoms with van der Waals surface area (Å²) in [5.74, 6) is 0.601. The molecule has 2 atom stereocenters. The van der Waals surface area contributed by atoms with Crippen molar-refractivity contribution in [3.63, 3.8) is 0 Å². The maximum Gasteiger partial charge on any atom is 0.236 e. The van der Waals surface area contributed by atoms with Gasteiger partial charge >= 0.3 is 0 Å². The fraction of sp³-hybridized carbons (Fsp3) is 0.533. The number of amides is 1. The molecule has 1 amide bonds. The Labute approximate surface area is 109 Å². The first-order chi connectivity index (χ1) is 8.74. The van der Waals surface area contributed by atoms with Gasteiger partial charge in [-0.05, 0) is 42.9 Å². The van der Waals surface area contributed by atoms with E-state index in [-0.39, 0.29) is 11.9 Å². The van der Waals surface area contributed by atoms with Gasteiger partial charge in [0.15, 0.2) is 0 Å². The van der Waals surface area contributed by atoms with Crippen molar-refractivity contribution < 1.29 is 4.79 Å². The number of rotatable bonds is 3. The van der Waals surface area contributed by atoms with Gasteiger partial charge in [-0.3, -0.25) is 4.79 Å². The van der Waals surface area contributed by atoms with Crippen molar-refractivity contribution in [2.75, 3.05) is 13.6 Å². The van der Waals surface area contributed by atoms with Gasteiger partial charge in [0.05, 0.1) is 6.04 Å². The minimum Gasteiger partial charge on any atom is -0.358 e. The lowest BCUT2D eigenvalue weighted by Crippen LogP contribution is -2.47. The molecule has 1 fully saturated rings. The molecule has 18 heavy (non-hydrogen) atoms. The Balaban J connectivity index is 2.05. The third kappa shape index (κ3) is 2.91. The molecule has 98 valence electrons. The molecule has 1 aliphatic heterocycles. The van der Waals surface area contributed by atoms with Crippen LogP contribution in [0.3, 0.4) is 0 Å². The number of hydrogen-bond acceptors (Lipinski definition) is 2. The van der Waals surface area contributed by atoms with E-state index >= 15 is 0 Å². The lowest BCUT2D eigenvalue weighted by molar-refractivity contribution is -0.123. The lowest BCUT2D eigenvalue weighted by atomic mass is 9.86. The van der Waals surface area contributed by atoms with Crippen LogP contribution in [0.1, 0.15) is 36.8 Å². The van der Waals surface area contributed by atoms with Crippen LogP contribution in [0.5, 0.6) is 0 Å². The summed E-state index contributed by atoms with van der Waals surface area (Å²) in [6.07, 6.45) is 3.08. The topological polar surface area (TPSA) is 41.1 Å². The molecule has 2 rings (SSSR count). The molecule has 0 saturated carbocycles. The van der Waals surface area contributed by atoms with E-state index in [1.54, 1.807) is 7.05 Å². The Bertz CT molecular complexity index is 399. The first-order valence-electron chi connectivity index (χ1n) is 6.78. The molecule has 0 aromatic heterocycles. The Hall–Kier alpha value is -1.35. The van der Waals surface area contributed by atoms with E-state index in [0.717, 1.165) is 25.8 Å². The van der Waals surface area contributed by atoms with Gasteiger partial charge in [0, 0.05) is 7.05 Å². The Morgan fingerprint density at radius 3 is 2.72 bits per heavy atom. The Morgan fingerprint density at radius 1 is 1.39 bits per heavy atom. The number of benzene rings is 1. The van der Waals surface area contributed by atoms with Gasteiger partial charge in [0.1, 0.15) is 0 Å². The number of aryl methyl sites for hydroxylation is 1. The second-order valence-electron chi connectivity index (χ2n) is 4.94. The number of carbonyl (C=O) groups excluding carboxylic acids is 1. The van der Waals surface area contributed by atoms with E-state index in [9.17, 15) is 4.79 Å². The van der Waals surface area contributed by atoms with E-state index in [1.807, 2.05) is 0 Å². The highest BCUT2D eigenvalue weighted by molar-refractivity contribution is 5.81. The maximum atomic E-state index is 11.7. The van der Waals surface area contributed by atoms with Crippen molar-refractivity contribution in [3.05, 3.63) is 35.4 Å². The molecule has 3 nitrogen and oxygen atoms in total. The van der Waals surface area contributed by atoms with Crippen LogP contribution in [-0.4, -0.2) is 25.5 Å². The summed E-state index contributed by atoms with van der Waals surface area (Å²) < 4.78 is 0. The standard InChI is InChI=1S/C15H22N2O/c1-3-11-4-6-12(7-5-11)13-8-9-17-14(10-13)15(18)16-2/h4-7,13-14,17H,3,8-10H2,1-2H3,(H,16,18). The predicted octanol–water partition coefficient (Wildman–Crippen LogP) is 1.83. The van der Waals surface area contributed by atoms with Crippen LogP contribution in [-0.2, 0) is 11.2 Å². The minimum absolute atomic E-state index is 0.0420. The average molecular weight is 246 g/mol. The monoisotopic (exact) mass is 246 g/mol. The van der Waals surface area contributed by atoms with Gasteiger partial charge in [0.2, 0.25) is 5.91 Å². The molecule has 2 N–H and O–H groups in total.